The van der Waals surface area contributed by atoms with Crippen LogP contribution in [0.2, 0.25) is 0 Å². The molecule has 20 heavy (non-hydrogen) atoms. The van der Waals surface area contributed by atoms with Crippen LogP contribution in [0.3, 0.4) is 0 Å². The number of nitrogens with one attached hydrogen (secondary N) is 1. The number of halogens is 2. The first-order chi connectivity index (χ1) is 9.61. The number of methoxy groups -OCH3 is 1. The van der Waals surface area contributed by atoms with Gasteiger partial charge in [0, 0.05) is 45.4 Å². The average Bonchev–Trinajstić information content (AvgIpc) is 2.87. The van der Waals surface area contributed by atoms with Gasteiger partial charge in [-0.3, -0.25) is 0 Å². The second kappa shape index (κ2) is 7.13. The van der Waals surface area contributed by atoms with Crippen LogP contribution in [0.15, 0.2) is 10.6 Å². The molecule has 0 bridgehead atoms. The molecule has 0 amide bonds. The Labute approximate surface area is 117 Å². The van der Waals surface area contributed by atoms with Crippen molar-refractivity contribution in [3.63, 3.8) is 0 Å². The molecule has 1 aromatic rings. The highest BCUT2D eigenvalue weighted by Gasteiger charge is 2.36. The summed E-state index contributed by atoms with van der Waals surface area (Å²) in [6.07, 6.45) is 3.26. The van der Waals surface area contributed by atoms with Gasteiger partial charge in [0.2, 0.25) is 5.92 Å². The van der Waals surface area contributed by atoms with Gasteiger partial charge in [0.15, 0.2) is 5.89 Å². The molecule has 0 aromatic carbocycles. The summed E-state index contributed by atoms with van der Waals surface area (Å²) in [4.78, 5) is 4.22. The Hall–Kier alpha value is -1.01. The van der Waals surface area contributed by atoms with Crippen molar-refractivity contribution >= 4 is 0 Å². The van der Waals surface area contributed by atoms with E-state index < -0.39 is 5.92 Å². The third-order valence-corrected chi connectivity index (χ3v) is 3.69. The van der Waals surface area contributed by atoms with E-state index in [-0.39, 0.29) is 18.8 Å². The highest BCUT2D eigenvalue weighted by atomic mass is 19.3. The molecule has 0 saturated heterocycles. The molecule has 0 aliphatic heterocycles. The molecular weight excluding hydrogens is 266 g/mol. The van der Waals surface area contributed by atoms with Gasteiger partial charge in [0.1, 0.15) is 5.76 Å². The Morgan fingerprint density at radius 3 is 2.85 bits per heavy atom. The van der Waals surface area contributed by atoms with E-state index >= 15 is 0 Å². The number of ether oxygens (including phenoxy) is 1. The predicted molar refractivity (Wildman–Crippen MR) is 71.1 cm³/mol. The molecular formula is C14H22F2N2O2. The lowest BCUT2D eigenvalue weighted by Crippen LogP contribution is -2.23. The van der Waals surface area contributed by atoms with E-state index in [4.69, 9.17) is 9.15 Å². The molecule has 2 rings (SSSR count). The Kier molecular flexibility index (Phi) is 5.48. The first-order valence-electron chi connectivity index (χ1n) is 7.13. The molecule has 0 atom stereocenters. The van der Waals surface area contributed by atoms with Gasteiger partial charge >= 0.3 is 0 Å². The number of hydrogen-bond donors (Lipinski definition) is 1. The summed E-state index contributed by atoms with van der Waals surface area (Å²) in [5.41, 5.74) is 0. The normalized spacial score (nSPS) is 19.4. The SMILES string of the molecule is COCCNCCc1ncc(C2CCC(F)(F)CC2)o1. The number of aromatic nitrogens is 1. The van der Waals surface area contributed by atoms with E-state index in [1.54, 1.807) is 13.3 Å². The maximum atomic E-state index is 13.1. The lowest BCUT2D eigenvalue weighted by molar-refractivity contribution is -0.0395. The Morgan fingerprint density at radius 2 is 2.15 bits per heavy atom. The zero-order valence-corrected chi connectivity index (χ0v) is 11.8. The predicted octanol–water partition coefficient (Wildman–Crippen LogP) is 2.75. The minimum atomic E-state index is -2.50. The van der Waals surface area contributed by atoms with E-state index in [0.717, 1.165) is 18.8 Å². The topological polar surface area (TPSA) is 47.3 Å². The van der Waals surface area contributed by atoms with Crippen LogP contribution in [0.4, 0.5) is 8.78 Å². The minimum absolute atomic E-state index is 0.0493. The third-order valence-electron chi connectivity index (χ3n) is 3.69. The molecule has 114 valence electrons. The first-order valence-corrected chi connectivity index (χ1v) is 7.13. The lowest BCUT2D eigenvalue weighted by Gasteiger charge is -2.26. The van der Waals surface area contributed by atoms with Crippen molar-refractivity contribution in [2.45, 2.75) is 43.9 Å². The number of hydrogen-bond acceptors (Lipinski definition) is 4. The molecule has 1 heterocycles. The molecule has 1 saturated carbocycles. The van der Waals surface area contributed by atoms with Gasteiger partial charge in [-0.25, -0.2) is 13.8 Å². The van der Waals surface area contributed by atoms with Crippen LogP contribution in [-0.4, -0.2) is 37.7 Å². The van der Waals surface area contributed by atoms with Crippen LogP contribution >= 0.6 is 0 Å². The van der Waals surface area contributed by atoms with Crippen LogP contribution < -0.4 is 5.32 Å². The standard InChI is InChI=1S/C14H22F2N2O2/c1-19-9-8-17-7-4-13-18-10-12(20-13)11-2-5-14(15,16)6-3-11/h10-11,17H,2-9H2,1H3. The van der Waals surface area contributed by atoms with Gasteiger partial charge in [-0.2, -0.15) is 0 Å². The Balaban J connectivity index is 1.75. The van der Waals surface area contributed by atoms with E-state index in [9.17, 15) is 8.78 Å². The summed E-state index contributed by atoms with van der Waals surface area (Å²) in [6, 6.07) is 0. The summed E-state index contributed by atoms with van der Waals surface area (Å²) in [5.74, 6) is -0.975. The Bertz CT molecular complexity index is 400. The van der Waals surface area contributed by atoms with Crippen molar-refractivity contribution in [3.8, 4) is 0 Å². The minimum Gasteiger partial charge on any atom is -0.445 e. The van der Waals surface area contributed by atoms with Gasteiger partial charge in [-0.05, 0) is 12.8 Å². The Morgan fingerprint density at radius 1 is 1.40 bits per heavy atom. The summed E-state index contributed by atoms with van der Waals surface area (Å²) in [6.45, 7) is 2.24. The molecule has 1 aliphatic rings. The fraction of sp³-hybridized carbons (Fsp3) is 0.786. The summed E-state index contributed by atoms with van der Waals surface area (Å²) < 4.78 is 36.8. The van der Waals surface area contributed by atoms with Crippen molar-refractivity contribution in [2.24, 2.45) is 0 Å². The van der Waals surface area contributed by atoms with Gasteiger partial charge in [0.25, 0.3) is 0 Å². The highest BCUT2D eigenvalue weighted by Crippen LogP contribution is 2.40. The van der Waals surface area contributed by atoms with Gasteiger partial charge in [-0.1, -0.05) is 0 Å². The second-order valence-corrected chi connectivity index (χ2v) is 5.28. The van der Waals surface area contributed by atoms with Crippen LogP contribution in [0.1, 0.15) is 43.3 Å². The van der Waals surface area contributed by atoms with Crippen LogP contribution in [0, 0.1) is 0 Å². The summed E-state index contributed by atoms with van der Waals surface area (Å²) in [5, 5.41) is 3.21. The lowest BCUT2D eigenvalue weighted by atomic mass is 9.85. The summed E-state index contributed by atoms with van der Waals surface area (Å²) >= 11 is 0. The van der Waals surface area contributed by atoms with Crippen molar-refractivity contribution in [3.05, 3.63) is 17.8 Å². The third kappa shape index (κ3) is 4.52. The first kappa shape index (κ1) is 15.4. The molecule has 6 heteroatoms. The smallest absolute Gasteiger partial charge is 0.248 e. The van der Waals surface area contributed by atoms with Crippen molar-refractivity contribution in [1.82, 2.24) is 10.3 Å². The van der Waals surface area contributed by atoms with Crippen LogP contribution in [0.25, 0.3) is 0 Å². The maximum Gasteiger partial charge on any atom is 0.248 e. The zero-order valence-electron chi connectivity index (χ0n) is 11.8. The quantitative estimate of drug-likeness (QED) is 0.784. The van der Waals surface area contributed by atoms with Gasteiger partial charge in [0.05, 0.1) is 12.8 Å². The zero-order chi connectivity index (χ0) is 14.4. The highest BCUT2D eigenvalue weighted by molar-refractivity contribution is 5.04. The second-order valence-electron chi connectivity index (χ2n) is 5.28. The molecule has 0 spiro atoms. The fourth-order valence-corrected chi connectivity index (χ4v) is 2.45. The van der Waals surface area contributed by atoms with Crippen molar-refractivity contribution in [1.29, 1.82) is 0 Å². The molecule has 1 fully saturated rings. The molecule has 1 aliphatic carbocycles. The summed E-state index contributed by atoms with van der Waals surface area (Å²) in [7, 11) is 1.66. The van der Waals surface area contributed by atoms with Crippen molar-refractivity contribution in [2.75, 3.05) is 26.8 Å². The molecule has 1 N–H and O–H groups in total. The molecule has 0 radical (unpaired) electrons. The van der Waals surface area contributed by atoms with E-state index in [1.807, 2.05) is 0 Å². The maximum absolute atomic E-state index is 13.1. The van der Waals surface area contributed by atoms with Crippen molar-refractivity contribution < 1.29 is 17.9 Å². The average molecular weight is 288 g/mol. The number of alkyl halides is 2. The van der Waals surface area contributed by atoms with E-state index in [1.165, 1.54) is 0 Å². The van der Waals surface area contributed by atoms with E-state index in [0.29, 0.717) is 31.8 Å². The number of oxazole rings is 1. The monoisotopic (exact) mass is 288 g/mol. The van der Waals surface area contributed by atoms with Crippen LogP contribution in [0.5, 0.6) is 0 Å². The molecule has 4 nitrogen and oxygen atoms in total. The number of rotatable bonds is 7. The van der Waals surface area contributed by atoms with Gasteiger partial charge in [-0.15, -0.1) is 0 Å². The molecule has 0 unspecified atom stereocenters. The van der Waals surface area contributed by atoms with Gasteiger partial charge < -0.3 is 14.5 Å². The largest absolute Gasteiger partial charge is 0.445 e. The fourth-order valence-electron chi connectivity index (χ4n) is 2.45. The van der Waals surface area contributed by atoms with Crippen LogP contribution in [-0.2, 0) is 11.2 Å². The van der Waals surface area contributed by atoms with E-state index in [2.05, 4.69) is 10.3 Å². The number of nitrogens with zero attached hydrogens (tertiary/aromatic N) is 1. The molecule has 1 aromatic heterocycles.